The first kappa shape index (κ1) is 12.9. The van der Waals surface area contributed by atoms with Gasteiger partial charge in [-0.2, -0.15) is 0 Å². The van der Waals surface area contributed by atoms with Gasteiger partial charge in [0.1, 0.15) is 0 Å². The summed E-state index contributed by atoms with van der Waals surface area (Å²) in [6, 6.07) is 0. The number of ether oxygens (including phenoxy) is 1. The van der Waals surface area contributed by atoms with E-state index in [1.165, 1.54) is 12.8 Å². The van der Waals surface area contributed by atoms with E-state index in [2.05, 4.69) is 26.1 Å². The maximum absolute atomic E-state index is 5.07. The first-order chi connectivity index (χ1) is 6.22. The Morgan fingerprint density at radius 2 is 1.92 bits per heavy atom. The summed E-state index contributed by atoms with van der Waals surface area (Å²) in [6.45, 7) is 9.98. The van der Waals surface area contributed by atoms with Crippen molar-refractivity contribution in [1.29, 1.82) is 0 Å². The van der Waals surface area contributed by atoms with E-state index < -0.39 is 0 Å². The van der Waals surface area contributed by atoms with Gasteiger partial charge in [-0.3, -0.25) is 0 Å². The summed E-state index contributed by atoms with van der Waals surface area (Å²) in [4.78, 5) is 0. The molecule has 0 heterocycles. The number of rotatable bonds is 8. The molecule has 0 aromatic heterocycles. The Kier molecular flexibility index (Phi) is 8.46. The van der Waals surface area contributed by atoms with Crippen molar-refractivity contribution < 1.29 is 4.74 Å². The molecule has 13 heavy (non-hydrogen) atoms. The molecule has 0 aromatic rings. The van der Waals surface area contributed by atoms with Crippen molar-refractivity contribution in [3.63, 3.8) is 0 Å². The molecule has 0 rings (SSSR count). The topological polar surface area (TPSA) is 21.3 Å². The van der Waals surface area contributed by atoms with E-state index >= 15 is 0 Å². The second kappa shape index (κ2) is 8.52. The van der Waals surface area contributed by atoms with Crippen molar-refractivity contribution in [2.24, 2.45) is 11.8 Å². The van der Waals surface area contributed by atoms with Crippen LogP contribution < -0.4 is 5.32 Å². The van der Waals surface area contributed by atoms with Gasteiger partial charge in [0.2, 0.25) is 0 Å². The van der Waals surface area contributed by atoms with E-state index in [4.69, 9.17) is 4.74 Å². The summed E-state index contributed by atoms with van der Waals surface area (Å²) in [5, 5.41) is 3.45. The fourth-order valence-corrected chi connectivity index (χ4v) is 1.30. The molecule has 0 bridgehead atoms. The Bertz CT molecular complexity index is 106. The van der Waals surface area contributed by atoms with Gasteiger partial charge in [0.25, 0.3) is 0 Å². The highest BCUT2D eigenvalue weighted by atomic mass is 16.5. The highest BCUT2D eigenvalue weighted by Gasteiger charge is 2.10. The summed E-state index contributed by atoms with van der Waals surface area (Å²) in [7, 11) is 1.77. The third kappa shape index (κ3) is 7.03. The van der Waals surface area contributed by atoms with Gasteiger partial charge < -0.3 is 10.1 Å². The predicted molar refractivity (Wildman–Crippen MR) is 58.0 cm³/mol. The summed E-state index contributed by atoms with van der Waals surface area (Å²) < 4.78 is 5.07. The fourth-order valence-electron chi connectivity index (χ4n) is 1.30. The highest BCUT2D eigenvalue weighted by molar-refractivity contribution is 4.64. The van der Waals surface area contributed by atoms with E-state index in [1.807, 2.05) is 0 Å². The zero-order valence-corrected chi connectivity index (χ0v) is 9.60. The Hall–Kier alpha value is -0.0800. The van der Waals surface area contributed by atoms with Crippen LogP contribution in [0.15, 0.2) is 0 Å². The molecule has 0 aliphatic heterocycles. The quantitative estimate of drug-likeness (QED) is 0.589. The Labute approximate surface area is 83.1 Å². The minimum atomic E-state index is 0.752. The molecule has 2 heteroatoms. The summed E-state index contributed by atoms with van der Waals surface area (Å²) in [6.07, 6.45) is 2.39. The lowest BCUT2D eigenvalue weighted by molar-refractivity contribution is 0.167. The Balaban J connectivity index is 3.38. The summed E-state index contributed by atoms with van der Waals surface area (Å²) in [5.74, 6) is 1.51. The van der Waals surface area contributed by atoms with Gasteiger partial charge >= 0.3 is 0 Å². The van der Waals surface area contributed by atoms with Crippen molar-refractivity contribution in [1.82, 2.24) is 5.32 Å². The number of nitrogens with one attached hydrogen (secondary N) is 1. The van der Waals surface area contributed by atoms with Crippen LogP contribution in [0, 0.1) is 11.8 Å². The maximum atomic E-state index is 5.07. The molecule has 0 aliphatic carbocycles. The molecule has 0 saturated heterocycles. The van der Waals surface area contributed by atoms with Gasteiger partial charge in [-0.1, -0.05) is 20.8 Å². The van der Waals surface area contributed by atoms with Crippen LogP contribution in [0.25, 0.3) is 0 Å². The minimum Gasteiger partial charge on any atom is -0.385 e. The second-order valence-corrected chi connectivity index (χ2v) is 3.94. The van der Waals surface area contributed by atoms with Crippen LogP contribution in [0.5, 0.6) is 0 Å². The molecule has 0 aliphatic rings. The van der Waals surface area contributed by atoms with E-state index in [1.54, 1.807) is 7.11 Å². The highest BCUT2D eigenvalue weighted by Crippen LogP contribution is 2.13. The van der Waals surface area contributed by atoms with E-state index in [0.29, 0.717) is 0 Å². The average Bonchev–Trinajstić information content (AvgIpc) is 2.14. The molecule has 0 spiro atoms. The Morgan fingerprint density at radius 3 is 2.46 bits per heavy atom. The molecule has 2 nitrogen and oxygen atoms in total. The molecule has 80 valence electrons. The van der Waals surface area contributed by atoms with Crippen molar-refractivity contribution in [2.75, 3.05) is 26.8 Å². The van der Waals surface area contributed by atoms with Crippen LogP contribution in [-0.4, -0.2) is 26.8 Å². The van der Waals surface area contributed by atoms with Crippen LogP contribution in [-0.2, 0) is 4.74 Å². The lowest BCUT2D eigenvalue weighted by Gasteiger charge is -2.19. The van der Waals surface area contributed by atoms with Crippen LogP contribution >= 0.6 is 0 Å². The third-order valence-electron chi connectivity index (χ3n) is 2.64. The number of hydrogen-bond donors (Lipinski definition) is 1. The average molecular weight is 187 g/mol. The summed E-state index contributed by atoms with van der Waals surface area (Å²) in [5.41, 5.74) is 0. The van der Waals surface area contributed by atoms with Gasteiger partial charge in [-0.15, -0.1) is 0 Å². The first-order valence-corrected chi connectivity index (χ1v) is 5.42. The van der Waals surface area contributed by atoms with Gasteiger partial charge in [0.05, 0.1) is 0 Å². The minimum absolute atomic E-state index is 0.752. The molecule has 0 saturated carbocycles. The molecule has 0 aromatic carbocycles. The van der Waals surface area contributed by atoms with Gasteiger partial charge in [-0.05, 0) is 37.8 Å². The van der Waals surface area contributed by atoms with Crippen LogP contribution in [0.2, 0.25) is 0 Å². The van der Waals surface area contributed by atoms with E-state index in [-0.39, 0.29) is 0 Å². The molecule has 0 radical (unpaired) electrons. The van der Waals surface area contributed by atoms with Gasteiger partial charge in [0, 0.05) is 13.7 Å². The molecular formula is C11H25NO. The standard InChI is InChI=1S/C11H25NO/c1-5-7-12-9-11(3)10(2)6-8-13-4/h10-12H,5-9H2,1-4H3. The predicted octanol–water partition coefficient (Wildman–Crippen LogP) is 2.29. The number of methoxy groups -OCH3 is 1. The van der Waals surface area contributed by atoms with E-state index in [9.17, 15) is 0 Å². The SMILES string of the molecule is CCCNCC(C)C(C)CCOC. The van der Waals surface area contributed by atoms with Gasteiger partial charge in [0.15, 0.2) is 0 Å². The lowest BCUT2D eigenvalue weighted by atomic mass is 9.93. The normalized spacial score (nSPS) is 15.7. The zero-order chi connectivity index (χ0) is 10.1. The first-order valence-electron chi connectivity index (χ1n) is 5.42. The van der Waals surface area contributed by atoms with Crippen LogP contribution in [0.3, 0.4) is 0 Å². The zero-order valence-electron chi connectivity index (χ0n) is 9.60. The lowest BCUT2D eigenvalue weighted by Crippen LogP contribution is -2.26. The smallest absolute Gasteiger partial charge is 0.0464 e. The molecule has 0 fully saturated rings. The third-order valence-corrected chi connectivity index (χ3v) is 2.64. The Morgan fingerprint density at radius 1 is 1.23 bits per heavy atom. The maximum Gasteiger partial charge on any atom is 0.0464 e. The molecule has 0 amide bonds. The molecule has 2 unspecified atom stereocenters. The number of hydrogen-bond acceptors (Lipinski definition) is 2. The van der Waals surface area contributed by atoms with Crippen molar-refractivity contribution in [3.05, 3.63) is 0 Å². The van der Waals surface area contributed by atoms with E-state index in [0.717, 1.165) is 31.5 Å². The van der Waals surface area contributed by atoms with Crippen molar-refractivity contribution in [2.45, 2.75) is 33.6 Å². The van der Waals surface area contributed by atoms with Crippen LogP contribution in [0.4, 0.5) is 0 Å². The fraction of sp³-hybridized carbons (Fsp3) is 1.00. The summed E-state index contributed by atoms with van der Waals surface area (Å²) >= 11 is 0. The molecule has 1 N–H and O–H groups in total. The van der Waals surface area contributed by atoms with Crippen molar-refractivity contribution >= 4 is 0 Å². The monoisotopic (exact) mass is 187 g/mol. The second-order valence-electron chi connectivity index (χ2n) is 3.94. The largest absolute Gasteiger partial charge is 0.385 e. The molecule has 2 atom stereocenters. The molecular weight excluding hydrogens is 162 g/mol. The van der Waals surface area contributed by atoms with Gasteiger partial charge in [-0.25, -0.2) is 0 Å². The van der Waals surface area contributed by atoms with Crippen molar-refractivity contribution in [3.8, 4) is 0 Å². The van der Waals surface area contributed by atoms with Crippen LogP contribution in [0.1, 0.15) is 33.6 Å².